The number of benzene rings is 1. The first-order valence-corrected chi connectivity index (χ1v) is 10.5. The number of hydrogen-bond acceptors (Lipinski definition) is 3. The zero-order valence-electron chi connectivity index (χ0n) is 19.0. The van der Waals surface area contributed by atoms with Gasteiger partial charge in [-0.3, -0.25) is 6.08 Å². The molecule has 0 amide bonds. The van der Waals surface area contributed by atoms with E-state index in [-0.39, 0.29) is 47.5 Å². The Morgan fingerprint density at radius 2 is 1.89 bits per heavy atom. The molecule has 1 atom stereocenters. The number of ether oxygens (including phenoxy) is 1. The van der Waals surface area contributed by atoms with Crippen molar-refractivity contribution in [2.45, 2.75) is 79.2 Å². The van der Waals surface area contributed by atoms with Crippen molar-refractivity contribution >= 4 is 17.3 Å². The fourth-order valence-corrected chi connectivity index (χ4v) is 2.66. The standard InChI is InChI=1S/C13H22NO2.C6H4Cl.2C2H6.Na/c1-3-6-13(16-8-4-2)7-5-11(9-13)12(14)10-15;7-6-4-2-1-3-5-6;2*1-2;/h14-15H,3-4,6-10H2,1-2H3;1-2,4-5H;2*1-2H3;/q2*-1;;;+1. The van der Waals surface area contributed by atoms with E-state index in [1.54, 1.807) is 6.07 Å². The van der Waals surface area contributed by atoms with E-state index in [2.05, 4.69) is 26.0 Å². The van der Waals surface area contributed by atoms with Crippen LogP contribution in [-0.2, 0) is 4.74 Å². The molecule has 0 saturated heterocycles. The van der Waals surface area contributed by atoms with E-state index in [4.69, 9.17) is 26.9 Å². The van der Waals surface area contributed by atoms with Crippen LogP contribution in [-0.4, -0.2) is 29.6 Å². The van der Waals surface area contributed by atoms with Crippen LogP contribution in [0.5, 0.6) is 0 Å². The average Bonchev–Trinajstić information content (AvgIpc) is 3.14. The number of nitrogens with one attached hydrogen (secondary N) is 1. The predicted octanol–water partition coefficient (Wildman–Crippen LogP) is 3.68. The Labute approximate surface area is 200 Å². The van der Waals surface area contributed by atoms with Crippen LogP contribution in [0.4, 0.5) is 0 Å². The minimum Gasteiger partial charge on any atom is -0.408 e. The molecule has 0 saturated carbocycles. The molecule has 1 aliphatic carbocycles. The third-order valence-electron chi connectivity index (χ3n) is 3.63. The molecule has 0 fully saturated rings. The van der Waals surface area contributed by atoms with E-state index in [9.17, 15) is 0 Å². The van der Waals surface area contributed by atoms with Gasteiger partial charge in [0, 0.05) is 13.2 Å². The van der Waals surface area contributed by atoms with Crippen molar-refractivity contribution in [1.82, 2.24) is 0 Å². The Hall–Kier alpha value is -0.160. The molecule has 2 N–H and O–H groups in total. The van der Waals surface area contributed by atoms with Crippen LogP contribution in [0.25, 0.3) is 0 Å². The van der Waals surface area contributed by atoms with E-state index in [1.807, 2.05) is 45.9 Å². The minimum absolute atomic E-state index is 0. The maximum absolute atomic E-state index is 8.95. The summed E-state index contributed by atoms with van der Waals surface area (Å²) < 4.78 is 5.94. The number of aliphatic hydroxyl groups is 1. The van der Waals surface area contributed by atoms with Crippen molar-refractivity contribution < 1.29 is 39.4 Å². The molecule has 0 radical (unpaired) electrons. The normalized spacial score (nSPS) is 16.6. The fraction of sp³-hybridized carbons (Fsp3) is 0.609. The van der Waals surface area contributed by atoms with Gasteiger partial charge in [0.25, 0.3) is 0 Å². The molecule has 0 heterocycles. The quantitative estimate of drug-likeness (QED) is 0.403. The monoisotopic (exact) mass is 418 g/mol. The Bertz CT molecular complexity index is 509. The van der Waals surface area contributed by atoms with Crippen LogP contribution in [0.3, 0.4) is 0 Å². The molecule has 0 aromatic heterocycles. The van der Waals surface area contributed by atoms with Crippen LogP contribution < -0.4 is 29.6 Å². The van der Waals surface area contributed by atoms with E-state index in [0.717, 1.165) is 49.3 Å². The summed E-state index contributed by atoms with van der Waals surface area (Å²) in [6, 6.07) is 10.0. The summed E-state index contributed by atoms with van der Waals surface area (Å²) in [7, 11) is 0. The number of aliphatic hydroxyl groups excluding tert-OH is 1. The van der Waals surface area contributed by atoms with Gasteiger partial charge in [0.05, 0.1) is 5.60 Å². The Balaban J connectivity index is -0.000000436. The van der Waals surface area contributed by atoms with Crippen molar-refractivity contribution in [3.8, 4) is 0 Å². The van der Waals surface area contributed by atoms with Crippen molar-refractivity contribution in [2.75, 3.05) is 13.2 Å². The second-order valence-corrected chi connectivity index (χ2v) is 6.09. The third kappa shape index (κ3) is 13.9. The summed E-state index contributed by atoms with van der Waals surface area (Å²) in [5.74, 6) is 0. The van der Waals surface area contributed by atoms with Gasteiger partial charge in [0.15, 0.2) is 0 Å². The van der Waals surface area contributed by atoms with Crippen LogP contribution in [0, 0.1) is 17.6 Å². The molecule has 1 aromatic carbocycles. The van der Waals surface area contributed by atoms with Gasteiger partial charge in [0.2, 0.25) is 0 Å². The van der Waals surface area contributed by atoms with Crippen LogP contribution in [0.2, 0.25) is 5.02 Å². The maximum Gasteiger partial charge on any atom is 1.00 e. The summed E-state index contributed by atoms with van der Waals surface area (Å²) in [5.41, 5.74) is 0.979. The zero-order valence-corrected chi connectivity index (χ0v) is 21.7. The van der Waals surface area contributed by atoms with Gasteiger partial charge < -0.3 is 15.3 Å². The van der Waals surface area contributed by atoms with Gasteiger partial charge in [-0.2, -0.15) is 47.5 Å². The number of halogens is 1. The number of hydrogen-bond donors (Lipinski definition) is 2. The Kier molecular flexibility index (Phi) is 25.0. The molecule has 1 unspecified atom stereocenters. The second-order valence-electron chi connectivity index (χ2n) is 5.65. The maximum atomic E-state index is 8.95. The number of rotatable bonds is 7. The summed E-state index contributed by atoms with van der Waals surface area (Å²) in [4.78, 5) is 0. The molecule has 0 bridgehead atoms. The molecular formula is C23H38ClNNaO2-. The summed E-state index contributed by atoms with van der Waals surface area (Å²) in [6.07, 6.45) is 7.79. The van der Waals surface area contributed by atoms with Crippen molar-refractivity contribution in [1.29, 1.82) is 5.41 Å². The van der Waals surface area contributed by atoms with Gasteiger partial charge in [-0.25, -0.2) is 0 Å². The predicted molar refractivity (Wildman–Crippen MR) is 118 cm³/mol. The average molecular weight is 419 g/mol. The van der Waals surface area contributed by atoms with Crippen LogP contribution >= 0.6 is 11.6 Å². The molecule has 0 aliphatic heterocycles. The molecule has 156 valence electrons. The van der Waals surface area contributed by atoms with Crippen molar-refractivity contribution in [2.24, 2.45) is 0 Å². The van der Waals surface area contributed by atoms with E-state index < -0.39 is 0 Å². The molecule has 1 aromatic rings. The fourth-order valence-electron chi connectivity index (χ4n) is 2.52. The van der Waals surface area contributed by atoms with E-state index in [1.165, 1.54) is 0 Å². The third-order valence-corrected chi connectivity index (χ3v) is 3.87. The first-order chi connectivity index (χ1) is 13.1. The van der Waals surface area contributed by atoms with Gasteiger partial charge >= 0.3 is 29.6 Å². The zero-order chi connectivity index (χ0) is 21.1. The molecule has 3 nitrogen and oxygen atoms in total. The molecule has 28 heavy (non-hydrogen) atoms. The molecule has 0 spiro atoms. The van der Waals surface area contributed by atoms with Crippen LogP contribution in [0.15, 0.2) is 29.8 Å². The first kappa shape index (κ1) is 32.5. The molecular weight excluding hydrogens is 381 g/mol. The van der Waals surface area contributed by atoms with E-state index >= 15 is 0 Å². The van der Waals surface area contributed by atoms with E-state index in [0.29, 0.717) is 0 Å². The van der Waals surface area contributed by atoms with Gasteiger partial charge in [-0.05, 0) is 19.3 Å². The molecule has 2 rings (SSSR count). The SMILES string of the molecule is CC.CC.CCCOC1(CCC)C[C-]=C(C(=N)CO)C1.Clc1c[c-]ccc1.[Na+]. The topological polar surface area (TPSA) is 53.3 Å². The smallest absolute Gasteiger partial charge is 0.408 e. The van der Waals surface area contributed by atoms with Gasteiger partial charge in [-0.15, -0.1) is 0 Å². The minimum atomic E-state index is -0.196. The Morgan fingerprint density at radius 1 is 1.25 bits per heavy atom. The van der Waals surface area contributed by atoms with Crippen molar-refractivity contribution in [3.63, 3.8) is 0 Å². The van der Waals surface area contributed by atoms with Gasteiger partial charge in [-0.1, -0.05) is 65.1 Å². The Morgan fingerprint density at radius 3 is 2.29 bits per heavy atom. The molecule has 5 heteroatoms. The summed E-state index contributed by atoms with van der Waals surface area (Å²) in [6.45, 7) is 12.8. The summed E-state index contributed by atoms with van der Waals surface area (Å²) >= 11 is 5.51. The van der Waals surface area contributed by atoms with Crippen molar-refractivity contribution in [3.05, 3.63) is 47.0 Å². The van der Waals surface area contributed by atoms with Gasteiger partial charge in [0.1, 0.15) is 0 Å². The van der Waals surface area contributed by atoms with Crippen LogP contribution in [0.1, 0.15) is 73.6 Å². The largest absolute Gasteiger partial charge is 1.00 e. The first-order valence-electron chi connectivity index (χ1n) is 10.1. The second kappa shape index (κ2) is 21.5. The molecule has 1 aliphatic rings. The summed E-state index contributed by atoms with van der Waals surface area (Å²) in [5, 5.41) is 17.3.